The second-order valence-electron chi connectivity index (χ2n) is 2.83. The molecule has 0 aliphatic carbocycles. The average Bonchev–Trinajstić information content (AvgIpc) is 2.56. The number of H-pyrrole nitrogens is 1. The average molecular weight is 254 g/mol. The van der Waals surface area contributed by atoms with Crippen LogP contribution >= 0.6 is 15.9 Å². The first-order valence-electron chi connectivity index (χ1n) is 4.01. The Bertz CT molecular complexity index is 492. The minimum absolute atomic E-state index is 0.340. The van der Waals surface area contributed by atoms with E-state index in [4.69, 9.17) is 5.84 Å². The van der Waals surface area contributed by atoms with Gasteiger partial charge in [-0.25, -0.2) is 5.84 Å². The Morgan fingerprint density at radius 3 is 2.79 bits per heavy atom. The summed E-state index contributed by atoms with van der Waals surface area (Å²) < 4.78 is 0.732. The van der Waals surface area contributed by atoms with E-state index >= 15 is 0 Å². The summed E-state index contributed by atoms with van der Waals surface area (Å²) in [5.74, 6) is 4.71. The molecular weight excluding hydrogens is 246 g/mol. The number of fused-ring (bicyclic) bond motifs is 1. The lowest BCUT2D eigenvalue weighted by molar-refractivity contribution is 0.0949. The minimum Gasteiger partial charge on any atom is -0.350 e. The highest BCUT2D eigenvalue weighted by molar-refractivity contribution is 9.10. The molecular formula is C9H8BrN3O. The van der Waals surface area contributed by atoms with Crippen LogP contribution in [0.3, 0.4) is 0 Å². The predicted octanol–water partition coefficient (Wildman–Crippen LogP) is 1.53. The summed E-state index contributed by atoms with van der Waals surface area (Å²) in [7, 11) is 0. The molecule has 0 aliphatic rings. The summed E-state index contributed by atoms with van der Waals surface area (Å²) in [6.45, 7) is 0. The maximum Gasteiger partial charge on any atom is 0.282 e. The zero-order valence-corrected chi connectivity index (χ0v) is 8.76. The highest BCUT2D eigenvalue weighted by Crippen LogP contribution is 2.27. The molecule has 2 aromatic rings. The Kier molecular flexibility index (Phi) is 2.26. The number of aromatic nitrogens is 1. The normalized spacial score (nSPS) is 10.4. The summed E-state index contributed by atoms with van der Waals surface area (Å²) >= 11 is 3.35. The molecule has 4 nitrogen and oxygen atoms in total. The van der Waals surface area contributed by atoms with Crippen LogP contribution in [0.1, 0.15) is 10.5 Å². The molecule has 14 heavy (non-hydrogen) atoms. The van der Waals surface area contributed by atoms with Gasteiger partial charge < -0.3 is 4.98 Å². The SMILES string of the molecule is NNC(=O)c1[nH]c2ccccc2c1Br. The third-order valence-electron chi connectivity index (χ3n) is 2.00. The molecule has 0 fully saturated rings. The van der Waals surface area contributed by atoms with Gasteiger partial charge in [0.25, 0.3) is 5.91 Å². The molecule has 0 bridgehead atoms. The van der Waals surface area contributed by atoms with Gasteiger partial charge in [-0.1, -0.05) is 18.2 Å². The van der Waals surface area contributed by atoms with Gasteiger partial charge in [0, 0.05) is 10.9 Å². The van der Waals surface area contributed by atoms with E-state index in [9.17, 15) is 4.79 Å². The number of hydrogen-bond acceptors (Lipinski definition) is 2. The van der Waals surface area contributed by atoms with Crippen LogP contribution in [0.4, 0.5) is 0 Å². The topological polar surface area (TPSA) is 70.9 Å². The molecule has 1 heterocycles. The van der Waals surface area contributed by atoms with Crippen LogP contribution in [0, 0.1) is 0 Å². The van der Waals surface area contributed by atoms with Crippen molar-refractivity contribution in [1.29, 1.82) is 0 Å². The molecule has 0 saturated heterocycles. The highest BCUT2D eigenvalue weighted by atomic mass is 79.9. The van der Waals surface area contributed by atoms with Crippen LogP contribution in [0.5, 0.6) is 0 Å². The second-order valence-corrected chi connectivity index (χ2v) is 3.63. The van der Waals surface area contributed by atoms with Crippen LogP contribution in [0.15, 0.2) is 28.7 Å². The Hall–Kier alpha value is -1.33. The third kappa shape index (κ3) is 1.30. The number of benzene rings is 1. The van der Waals surface area contributed by atoms with Crippen LogP contribution in [-0.2, 0) is 0 Å². The zero-order valence-electron chi connectivity index (χ0n) is 7.17. The number of hydrazine groups is 1. The fraction of sp³-hybridized carbons (Fsp3) is 0. The van der Waals surface area contributed by atoms with E-state index in [2.05, 4.69) is 26.3 Å². The lowest BCUT2D eigenvalue weighted by atomic mass is 10.2. The number of carbonyl (C=O) groups excluding carboxylic acids is 1. The molecule has 0 atom stereocenters. The fourth-order valence-electron chi connectivity index (χ4n) is 1.34. The summed E-state index contributed by atoms with van der Waals surface area (Å²) in [5, 5.41) is 0.964. The Morgan fingerprint density at radius 2 is 2.14 bits per heavy atom. The van der Waals surface area contributed by atoms with Crippen molar-refractivity contribution < 1.29 is 4.79 Å². The van der Waals surface area contributed by atoms with Gasteiger partial charge in [0.05, 0.1) is 4.47 Å². The van der Waals surface area contributed by atoms with Gasteiger partial charge >= 0.3 is 0 Å². The molecule has 4 N–H and O–H groups in total. The summed E-state index contributed by atoms with van der Waals surface area (Å²) in [4.78, 5) is 14.3. The first-order valence-corrected chi connectivity index (χ1v) is 4.80. The number of nitrogens with two attached hydrogens (primary N) is 1. The number of nitrogens with one attached hydrogen (secondary N) is 2. The quantitative estimate of drug-likeness (QED) is 0.410. The van der Waals surface area contributed by atoms with Crippen molar-refractivity contribution in [2.45, 2.75) is 0 Å². The van der Waals surface area contributed by atoms with Crippen molar-refractivity contribution in [2.75, 3.05) is 0 Å². The number of para-hydroxylation sites is 1. The van der Waals surface area contributed by atoms with E-state index in [-0.39, 0.29) is 5.91 Å². The monoisotopic (exact) mass is 253 g/mol. The molecule has 72 valence electrons. The summed E-state index contributed by atoms with van der Waals surface area (Å²) in [5.41, 5.74) is 3.42. The van der Waals surface area contributed by atoms with Crippen molar-refractivity contribution in [3.05, 3.63) is 34.4 Å². The standard InChI is InChI=1S/C9H8BrN3O/c10-7-5-3-1-2-4-6(5)12-8(7)9(14)13-11/h1-4,12H,11H2,(H,13,14). The van der Waals surface area contributed by atoms with E-state index in [1.165, 1.54) is 0 Å². The Labute approximate surface area is 88.6 Å². The highest BCUT2D eigenvalue weighted by Gasteiger charge is 2.13. The number of amides is 1. The van der Waals surface area contributed by atoms with E-state index in [0.29, 0.717) is 5.69 Å². The molecule has 1 aromatic heterocycles. The second kappa shape index (κ2) is 3.43. The van der Waals surface area contributed by atoms with E-state index in [0.717, 1.165) is 15.4 Å². The van der Waals surface area contributed by atoms with Crippen molar-refractivity contribution in [3.8, 4) is 0 Å². The Balaban J connectivity index is 2.68. The molecule has 0 unspecified atom stereocenters. The number of halogens is 1. The molecule has 0 aliphatic heterocycles. The summed E-state index contributed by atoms with van der Waals surface area (Å²) in [6.07, 6.45) is 0. The number of hydrogen-bond donors (Lipinski definition) is 3. The number of aromatic amines is 1. The molecule has 1 aromatic carbocycles. The molecule has 0 saturated carbocycles. The number of rotatable bonds is 1. The zero-order chi connectivity index (χ0) is 10.1. The maximum absolute atomic E-state index is 11.3. The first-order chi connectivity index (χ1) is 6.74. The van der Waals surface area contributed by atoms with Crippen molar-refractivity contribution >= 4 is 32.7 Å². The lowest BCUT2D eigenvalue weighted by Crippen LogP contribution is -2.30. The number of carbonyl (C=O) groups is 1. The fourth-order valence-corrected chi connectivity index (χ4v) is 1.96. The van der Waals surface area contributed by atoms with Crippen molar-refractivity contribution in [2.24, 2.45) is 5.84 Å². The van der Waals surface area contributed by atoms with Gasteiger partial charge in [-0.05, 0) is 22.0 Å². The predicted molar refractivity (Wildman–Crippen MR) is 57.7 cm³/mol. The van der Waals surface area contributed by atoms with E-state index in [1.54, 1.807) is 0 Å². The molecule has 0 radical (unpaired) electrons. The minimum atomic E-state index is -0.340. The maximum atomic E-state index is 11.3. The molecule has 5 heteroatoms. The largest absolute Gasteiger partial charge is 0.350 e. The molecule has 2 rings (SSSR count). The van der Waals surface area contributed by atoms with Crippen LogP contribution < -0.4 is 11.3 Å². The Morgan fingerprint density at radius 1 is 1.43 bits per heavy atom. The van der Waals surface area contributed by atoms with Crippen molar-refractivity contribution in [3.63, 3.8) is 0 Å². The van der Waals surface area contributed by atoms with Gasteiger partial charge in [-0.15, -0.1) is 0 Å². The van der Waals surface area contributed by atoms with Gasteiger partial charge in [0.2, 0.25) is 0 Å². The van der Waals surface area contributed by atoms with Gasteiger partial charge in [-0.3, -0.25) is 10.2 Å². The van der Waals surface area contributed by atoms with Crippen LogP contribution in [0.2, 0.25) is 0 Å². The van der Waals surface area contributed by atoms with Gasteiger partial charge in [0.1, 0.15) is 5.69 Å². The van der Waals surface area contributed by atoms with Gasteiger partial charge in [-0.2, -0.15) is 0 Å². The lowest BCUT2D eigenvalue weighted by Gasteiger charge is -1.95. The van der Waals surface area contributed by atoms with Crippen LogP contribution in [0.25, 0.3) is 10.9 Å². The third-order valence-corrected chi connectivity index (χ3v) is 2.82. The molecule has 1 amide bonds. The number of nitrogen functional groups attached to an aromatic ring is 1. The first kappa shape index (κ1) is 9.23. The van der Waals surface area contributed by atoms with Crippen LogP contribution in [-0.4, -0.2) is 10.9 Å². The van der Waals surface area contributed by atoms with Crippen molar-refractivity contribution in [1.82, 2.24) is 10.4 Å². The summed E-state index contributed by atoms with van der Waals surface area (Å²) in [6, 6.07) is 7.62. The van der Waals surface area contributed by atoms with E-state index in [1.807, 2.05) is 24.3 Å². The van der Waals surface area contributed by atoms with Gasteiger partial charge in [0.15, 0.2) is 0 Å². The molecule has 0 spiro atoms. The van der Waals surface area contributed by atoms with E-state index < -0.39 is 0 Å². The smallest absolute Gasteiger partial charge is 0.282 e.